The number of hydrogen-bond acceptors (Lipinski definition) is 9. The van der Waals surface area contributed by atoms with Gasteiger partial charge in [0.1, 0.15) is 17.0 Å². The Morgan fingerprint density at radius 1 is 1.08 bits per heavy atom. The number of amides is 2. The van der Waals surface area contributed by atoms with Crippen molar-refractivity contribution in [3.05, 3.63) is 41.4 Å². The van der Waals surface area contributed by atoms with Crippen LogP contribution in [0.5, 0.6) is 0 Å². The van der Waals surface area contributed by atoms with Crippen molar-refractivity contribution < 1.29 is 14.3 Å². The lowest BCUT2D eigenvalue weighted by Gasteiger charge is -2.31. The van der Waals surface area contributed by atoms with Crippen LogP contribution in [0.15, 0.2) is 30.6 Å². The second-order valence-electron chi connectivity index (χ2n) is 10.1. The average Bonchev–Trinajstić information content (AvgIpc) is 3.63. The summed E-state index contributed by atoms with van der Waals surface area (Å²) in [6, 6.07) is 5.56. The molecule has 13 heteroatoms. The van der Waals surface area contributed by atoms with Crippen LogP contribution < -0.4 is 26.6 Å². The summed E-state index contributed by atoms with van der Waals surface area (Å²) >= 11 is 5.97. The lowest BCUT2D eigenvalue weighted by atomic mass is 9.91. The Labute approximate surface area is 231 Å². The highest BCUT2D eigenvalue weighted by molar-refractivity contribution is 6.29. The zero-order valence-electron chi connectivity index (χ0n) is 22.0. The number of carbonyl (C=O) groups is 2. The minimum Gasteiger partial charge on any atom is -0.383 e. The summed E-state index contributed by atoms with van der Waals surface area (Å²) in [5, 5.41) is 21.0. The van der Waals surface area contributed by atoms with E-state index < -0.39 is 0 Å². The number of ether oxygens (including phenoxy) is 1. The first-order valence-electron chi connectivity index (χ1n) is 13.2. The predicted molar refractivity (Wildman–Crippen MR) is 149 cm³/mol. The molecule has 0 bridgehead atoms. The van der Waals surface area contributed by atoms with E-state index in [4.69, 9.17) is 21.4 Å². The van der Waals surface area contributed by atoms with Crippen molar-refractivity contribution in [2.45, 2.75) is 62.7 Å². The number of imidazole rings is 1. The summed E-state index contributed by atoms with van der Waals surface area (Å²) in [7, 11) is 3.34. The van der Waals surface area contributed by atoms with Gasteiger partial charge in [-0.05, 0) is 57.7 Å². The van der Waals surface area contributed by atoms with Gasteiger partial charge in [0.25, 0.3) is 5.91 Å². The summed E-state index contributed by atoms with van der Waals surface area (Å²) in [4.78, 5) is 34.1. The van der Waals surface area contributed by atoms with Crippen LogP contribution in [-0.2, 0) is 9.53 Å². The van der Waals surface area contributed by atoms with E-state index in [1.165, 1.54) is 12.4 Å². The molecule has 12 nitrogen and oxygen atoms in total. The van der Waals surface area contributed by atoms with Gasteiger partial charge in [0, 0.05) is 43.2 Å². The van der Waals surface area contributed by atoms with Crippen LogP contribution in [0.4, 0.5) is 17.2 Å². The molecule has 5 N–H and O–H groups in total. The molecule has 2 aliphatic rings. The molecule has 0 spiro atoms. The van der Waals surface area contributed by atoms with Gasteiger partial charge in [0.15, 0.2) is 11.3 Å². The molecule has 3 aromatic rings. The van der Waals surface area contributed by atoms with E-state index in [-0.39, 0.29) is 35.1 Å². The van der Waals surface area contributed by atoms with Crippen molar-refractivity contribution in [1.29, 1.82) is 0 Å². The number of nitrogens with one attached hydrogen (secondary N) is 5. The number of fused-ring (bicyclic) bond motifs is 1. The molecule has 2 fully saturated rings. The first-order valence-corrected chi connectivity index (χ1v) is 13.6. The number of hydrogen-bond donors (Lipinski definition) is 5. The van der Waals surface area contributed by atoms with E-state index in [9.17, 15) is 9.59 Å². The summed E-state index contributed by atoms with van der Waals surface area (Å²) < 4.78 is 6.70. The normalized spacial score (nSPS) is 19.9. The van der Waals surface area contributed by atoms with Crippen LogP contribution in [0.25, 0.3) is 5.65 Å². The second-order valence-corrected chi connectivity index (χ2v) is 10.4. The molecule has 1 atom stereocenters. The van der Waals surface area contributed by atoms with Gasteiger partial charge < -0.3 is 31.3 Å². The molecule has 0 saturated heterocycles. The molecule has 3 aromatic heterocycles. The molecule has 5 rings (SSSR count). The Morgan fingerprint density at radius 2 is 1.79 bits per heavy atom. The summed E-state index contributed by atoms with van der Waals surface area (Å²) in [5.41, 5.74) is 2.26. The van der Waals surface area contributed by atoms with E-state index in [1.807, 2.05) is 6.07 Å². The number of halogens is 1. The fourth-order valence-electron chi connectivity index (χ4n) is 4.77. The third-order valence-corrected chi connectivity index (χ3v) is 7.25. The Hall–Kier alpha value is -3.48. The lowest BCUT2D eigenvalue weighted by molar-refractivity contribution is -0.125. The molecule has 3 heterocycles. The first kappa shape index (κ1) is 27.1. The van der Waals surface area contributed by atoms with E-state index in [0.717, 1.165) is 44.2 Å². The van der Waals surface area contributed by atoms with Gasteiger partial charge in [-0.2, -0.15) is 0 Å². The number of aromatic nitrogens is 4. The monoisotopic (exact) mass is 555 g/mol. The minimum atomic E-state index is -0.365. The highest BCUT2D eigenvalue weighted by Gasteiger charge is 2.27. The summed E-state index contributed by atoms with van der Waals surface area (Å²) in [6.07, 6.45) is 8.73. The van der Waals surface area contributed by atoms with Gasteiger partial charge >= 0.3 is 0 Å². The highest BCUT2D eigenvalue weighted by atomic mass is 35.5. The molecule has 0 aromatic carbocycles. The van der Waals surface area contributed by atoms with Crippen LogP contribution >= 0.6 is 11.6 Å². The van der Waals surface area contributed by atoms with Crippen LogP contribution in [0, 0.1) is 0 Å². The Balaban J connectivity index is 1.28. The standard InChI is InChI=1S/C26H34ClN9O3/c1-28-20(14-39-2)25(37)33-17-7-5-16(6-8-17)32-23-12-19(31-15-3-4-15)24-30-13-21(36(24)35-23)26(38)34-18-9-10-29-22(27)11-18/h9-13,15-17,20,28,31H,3-8,14H2,1-2H3,(H,32,35)(H,33,37)(H,29,34,38). The number of rotatable bonds is 11. The number of carbonyl (C=O) groups excluding carboxylic acids is 2. The van der Waals surface area contributed by atoms with E-state index in [0.29, 0.717) is 35.5 Å². The average molecular weight is 556 g/mol. The maximum Gasteiger partial charge on any atom is 0.276 e. The molecular formula is C26H34ClN9O3. The van der Waals surface area contributed by atoms with E-state index in [2.05, 4.69) is 36.6 Å². The van der Waals surface area contributed by atoms with Crippen LogP contribution in [0.3, 0.4) is 0 Å². The van der Waals surface area contributed by atoms with Crippen molar-refractivity contribution in [3.8, 4) is 0 Å². The Morgan fingerprint density at radius 3 is 2.49 bits per heavy atom. The van der Waals surface area contributed by atoms with Crippen molar-refractivity contribution >= 4 is 46.3 Å². The highest BCUT2D eigenvalue weighted by Crippen LogP contribution is 2.30. The van der Waals surface area contributed by atoms with Gasteiger partial charge in [0.2, 0.25) is 5.91 Å². The van der Waals surface area contributed by atoms with E-state index >= 15 is 0 Å². The Kier molecular flexibility index (Phi) is 8.44. The van der Waals surface area contributed by atoms with Crippen molar-refractivity contribution in [1.82, 2.24) is 30.2 Å². The van der Waals surface area contributed by atoms with Crippen molar-refractivity contribution in [2.75, 3.05) is 36.7 Å². The molecule has 2 saturated carbocycles. The molecule has 0 radical (unpaired) electrons. The zero-order chi connectivity index (χ0) is 27.4. The van der Waals surface area contributed by atoms with E-state index in [1.54, 1.807) is 30.8 Å². The molecule has 39 heavy (non-hydrogen) atoms. The van der Waals surface area contributed by atoms with Crippen LogP contribution in [0.1, 0.15) is 49.0 Å². The second kappa shape index (κ2) is 12.1. The SMILES string of the molecule is CNC(COC)C(=O)NC1CCC(Nc2cc(NC3CC3)c3ncc(C(=O)Nc4ccnc(Cl)c4)n3n2)CC1. The molecular weight excluding hydrogens is 522 g/mol. The summed E-state index contributed by atoms with van der Waals surface area (Å²) in [5.74, 6) is 0.266. The number of pyridine rings is 1. The molecule has 0 aliphatic heterocycles. The fraction of sp³-hybridized carbons (Fsp3) is 0.500. The number of nitrogens with zero attached hydrogens (tertiary/aromatic N) is 4. The zero-order valence-corrected chi connectivity index (χ0v) is 22.8. The Bertz CT molecular complexity index is 1320. The maximum atomic E-state index is 13.1. The first-order chi connectivity index (χ1) is 18.9. The third kappa shape index (κ3) is 6.75. The topological polar surface area (TPSA) is 147 Å². The van der Waals surface area contributed by atoms with Crippen molar-refractivity contribution in [2.24, 2.45) is 0 Å². The number of anilines is 3. The van der Waals surface area contributed by atoms with Crippen molar-refractivity contribution in [3.63, 3.8) is 0 Å². The van der Waals surface area contributed by atoms with Crippen LogP contribution in [-0.4, -0.2) is 76.3 Å². The lowest BCUT2D eigenvalue weighted by Crippen LogP contribution is -2.50. The van der Waals surface area contributed by atoms with Gasteiger partial charge in [-0.15, -0.1) is 5.10 Å². The van der Waals surface area contributed by atoms with Gasteiger partial charge in [-0.1, -0.05) is 11.6 Å². The number of likely N-dealkylation sites (N-methyl/N-ethyl adjacent to an activating group) is 1. The third-order valence-electron chi connectivity index (χ3n) is 7.05. The number of methoxy groups -OCH3 is 1. The quantitative estimate of drug-likeness (QED) is 0.225. The predicted octanol–water partition coefficient (Wildman–Crippen LogP) is 2.68. The largest absolute Gasteiger partial charge is 0.383 e. The fourth-order valence-corrected chi connectivity index (χ4v) is 4.95. The molecule has 208 valence electrons. The van der Waals surface area contributed by atoms with Gasteiger partial charge in [-0.25, -0.2) is 14.5 Å². The van der Waals surface area contributed by atoms with Gasteiger partial charge in [0.05, 0.1) is 18.5 Å². The molecule has 1 unspecified atom stereocenters. The maximum absolute atomic E-state index is 13.1. The molecule has 2 aliphatic carbocycles. The molecule has 2 amide bonds. The summed E-state index contributed by atoms with van der Waals surface area (Å²) in [6.45, 7) is 0.329. The smallest absolute Gasteiger partial charge is 0.276 e. The van der Waals surface area contributed by atoms with Crippen LogP contribution in [0.2, 0.25) is 5.15 Å². The van der Waals surface area contributed by atoms with Gasteiger partial charge in [-0.3, -0.25) is 9.59 Å². The minimum absolute atomic E-state index is 0.0429.